The first-order valence-corrected chi connectivity index (χ1v) is 10.5. The molecule has 1 aliphatic carbocycles. The maximum Gasteiger partial charge on any atom is 0.224 e. The molecule has 3 rings (SSSR count). The van der Waals surface area contributed by atoms with Crippen molar-refractivity contribution in [1.29, 1.82) is 0 Å². The molecule has 0 aromatic carbocycles. The standard InChI is InChI=1S/C20H30N2O2S/c1-15-7-9-18(25-15)11-12-21-20(24)17-8-10-19(23)22(14-17)13-16-5-3-2-4-6-16/h7,9,16-17H,2-6,8,10-14H2,1H3,(H,21,24)/t17-/m1/s1. The van der Waals surface area contributed by atoms with E-state index < -0.39 is 0 Å². The maximum absolute atomic E-state index is 12.5. The van der Waals surface area contributed by atoms with E-state index in [-0.39, 0.29) is 17.7 Å². The molecule has 2 fully saturated rings. The molecule has 0 unspecified atom stereocenters. The zero-order valence-electron chi connectivity index (χ0n) is 15.3. The van der Waals surface area contributed by atoms with Gasteiger partial charge >= 0.3 is 0 Å². The van der Waals surface area contributed by atoms with Crippen LogP contribution in [0.3, 0.4) is 0 Å². The average molecular weight is 363 g/mol. The Labute approximate surface area is 155 Å². The van der Waals surface area contributed by atoms with Gasteiger partial charge in [0, 0.05) is 35.8 Å². The van der Waals surface area contributed by atoms with Gasteiger partial charge in [-0.15, -0.1) is 11.3 Å². The zero-order chi connectivity index (χ0) is 17.6. The second-order valence-corrected chi connectivity index (χ2v) is 8.96. The van der Waals surface area contributed by atoms with E-state index in [1.165, 1.54) is 41.9 Å². The fraction of sp³-hybridized carbons (Fsp3) is 0.700. The average Bonchev–Trinajstić information content (AvgIpc) is 3.03. The SMILES string of the molecule is Cc1ccc(CCNC(=O)[C@@H]2CCC(=O)N(CC3CCCCC3)C2)s1. The Morgan fingerprint density at radius 3 is 2.76 bits per heavy atom. The van der Waals surface area contributed by atoms with Gasteiger partial charge in [-0.05, 0) is 50.7 Å². The first-order valence-electron chi connectivity index (χ1n) is 9.72. The van der Waals surface area contributed by atoms with Gasteiger partial charge in [-0.3, -0.25) is 9.59 Å². The lowest BCUT2D eigenvalue weighted by molar-refractivity contribution is -0.139. The van der Waals surface area contributed by atoms with Crippen LogP contribution in [0.5, 0.6) is 0 Å². The summed E-state index contributed by atoms with van der Waals surface area (Å²) in [6, 6.07) is 4.26. The van der Waals surface area contributed by atoms with Crippen molar-refractivity contribution in [3.63, 3.8) is 0 Å². The molecule has 4 nitrogen and oxygen atoms in total. The van der Waals surface area contributed by atoms with Crippen LogP contribution in [0.1, 0.15) is 54.7 Å². The summed E-state index contributed by atoms with van der Waals surface area (Å²) in [7, 11) is 0. The van der Waals surface area contributed by atoms with Crippen molar-refractivity contribution >= 4 is 23.2 Å². The third-order valence-corrected chi connectivity index (χ3v) is 6.60. The third-order valence-electron chi connectivity index (χ3n) is 5.54. The van der Waals surface area contributed by atoms with E-state index in [0.29, 0.717) is 31.8 Å². The summed E-state index contributed by atoms with van der Waals surface area (Å²) in [6.07, 6.45) is 8.50. The number of thiophene rings is 1. The monoisotopic (exact) mass is 362 g/mol. The molecule has 25 heavy (non-hydrogen) atoms. The number of nitrogens with zero attached hydrogens (tertiary/aromatic N) is 1. The molecule has 1 saturated carbocycles. The van der Waals surface area contributed by atoms with Crippen molar-refractivity contribution in [3.8, 4) is 0 Å². The van der Waals surface area contributed by atoms with Gasteiger partial charge in [0.1, 0.15) is 0 Å². The van der Waals surface area contributed by atoms with E-state index in [1.807, 2.05) is 4.90 Å². The molecule has 0 bridgehead atoms. The summed E-state index contributed by atoms with van der Waals surface area (Å²) in [5, 5.41) is 3.08. The second kappa shape index (κ2) is 8.84. The highest BCUT2D eigenvalue weighted by Gasteiger charge is 2.31. The molecule has 0 spiro atoms. The fourth-order valence-electron chi connectivity index (χ4n) is 4.06. The van der Waals surface area contributed by atoms with Crippen LogP contribution >= 0.6 is 11.3 Å². The Hall–Kier alpha value is -1.36. The molecular weight excluding hydrogens is 332 g/mol. The summed E-state index contributed by atoms with van der Waals surface area (Å²) in [4.78, 5) is 29.3. The van der Waals surface area contributed by atoms with E-state index in [2.05, 4.69) is 24.4 Å². The molecule has 1 aromatic heterocycles. The molecule has 5 heteroatoms. The van der Waals surface area contributed by atoms with Crippen molar-refractivity contribution in [2.75, 3.05) is 19.6 Å². The molecule has 2 heterocycles. The number of hydrogen-bond donors (Lipinski definition) is 1. The van der Waals surface area contributed by atoms with Gasteiger partial charge in [0.15, 0.2) is 0 Å². The van der Waals surface area contributed by atoms with E-state index in [0.717, 1.165) is 13.0 Å². The Morgan fingerprint density at radius 2 is 2.04 bits per heavy atom. The number of rotatable bonds is 6. The quantitative estimate of drug-likeness (QED) is 0.841. The van der Waals surface area contributed by atoms with Gasteiger partial charge in [0.25, 0.3) is 0 Å². The van der Waals surface area contributed by atoms with Crippen molar-refractivity contribution in [2.45, 2.75) is 58.3 Å². The topological polar surface area (TPSA) is 49.4 Å². The third kappa shape index (κ3) is 5.30. The Balaban J connectivity index is 1.44. The number of piperidine rings is 1. The minimum absolute atomic E-state index is 0.0358. The number of carbonyl (C=O) groups is 2. The summed E-state index contributed by atoms with van der Waals surface area (Å²) < 4.78 is 0. The minimum atomic E-state index is -0.0358. The molecule has 1 saturated heterocycles. The van der Waals surface area contributed by atoms with Crippen molar-refractivity contribution in [3.05, 3.63) is 21.9 Å². The number of hydrogen-bond acceptors (Lipinski definition) is 3. The van der Waals surface area contributed by atoms with Gasteiger partial charge < -0.3 is 10.2 Å². The summed E-state index contributed by atoms with van der Waals surface area (Å²) in [6.45, 7) is 4.26. The zero-order valence-corrected chi connectivity index (χ0v) is 16.1. The van der Waals surface area contributed by atoms with Crippen LogP contribution in [0, 0.1) is 18.8 Å². The highest BCUT2D eigenvalue weighted by atomic mass is 32.1. The van der Waals surface area contributed by atoms with Gasteiger partial charge in [0.2, 0.25) is 11.8 Å². The largest absolute Gasteiger partial charge is 0.355 e. The van der Waals surface area contributed by atoms with Crippen molar-refractivity contribution in [1.82, 2.24) is 10.2 Å². The van der Waals surface area contributed by atoms with Crippen molar-refractivity contribution < 1.29 is 9.59 Å². The lowest BCUT2D eigenvalue weighted by Gasteiger charge is -2.35. The summed E-state index contributed by atoms with van der Waals surface area (Å²) in [5.41, 5.74) is 0. The molecular formula is C20H30N2O2S. The highest BCUT2D eigenvalue weighted by Crippen LogP contribution is 2.27. The number of amides is 2. The summed E-state index contributed by atoms with van der Waals surface area (Å²) >= 11 is 1.79. The predicted octanol–water partition coefficient (Wildman–Crippen LogP) is 3.53. The van der Waals surface area contributed by atoms with Crippen LogP contribution < -0.4 is 5.32 Å². The number of likely N-dealkylation sites (tertiary alicyclic amines) is 1. The van der Waals surface area contributed by atoms with Crippen LogP contribution in [0.15, 0.2) is 12.1 Å². The highest BCUT2D eigenvalue weighted by molar-refractivity contribution is 7.11. The fourth-order valence-corrected chi connectivity index (χ4v) is 4.95. The maximum atomic E-state index is 12.5. The number of nitrogens with one attached hydrogen (secondary N) is 1. The Bertz CT molecular complexity index is 592. The van der Waals surface area contributed by atoms with Crippen LogP contribution in [-0.4, -0.2) is 36.3 Å². The van der Waals surface area contributed by atoms with E-state index in [9.17, 15) is 9.59 Å². The first-order chi connectivity index (χ1) is 12.1. The number of aryl methyl sites for hydroxylation is 1. The van der Waals surface area contributed by atoms with Crippen LogP contribution in [0.2, 0.25) is 0 Å². The molecule has 1 atom stereocenters. The van der Waals surface area contributed by atoms with Crippen LogP contribution in [-0.2, 0) is 16.0 Å². The molecule has 1 aromatic rings. The van der Waals surface area contributed by atoms with E-state index in [4.69, 9.17) is 0 Å². The molecule has 0 radical (unpaired) electrons. The molecule has 1 N–H and O–H groups in total. The molecule has 2 aliphatic rings. The summed E-state index contributed by atoms with van der Waals surface area (Å²) in [5.74, 6) is 0.964. The van der Waals surface area contributed by atoms with Gasteiger partial charge in [-0.25, -0.2) is 0 Å². The molecule has 2 amide bonds. The predicted molar refractivity (Wildman–Crippen MR) is 102 cm³/mol. The van der Waals surface area contributed by atoms with Gasteiger partial charge in [-0.1, -0.05) is 19.3 Å². The second-order valence-electron chi connectivity index (χ2n) is 7.59. The Kier molecular flexibility index (Phi) is 6.51. The van der Waals surface area contributed by atoms with Crippen LogP contribution in [0.4, 0.5) is 0 Å². The smallest absolute Gasteiger partial charge is 0.224 e. The minimum Gasteiger partial charge on any atom is -0.355 e. The van der Waals surface area contributed by atoms with Crippen molar-refractivity contribution in [2.24, 2.45) is 11.8 Å². The van der Waals surface area contributed by atoms with E-state index in [1.54, 1.807) is 11.3 Å². The van der Waals surface area contributed by atoms with Gasteiger partial charge in [0.05, 0.1) is 5.92 Å². The lowest BCUT2D eigenvalue weighted by Crippen LogP contribution is -2.47. The first kappa shape index (κ1) is 18.4. The molecule has 1 aliphatic heterocycles. The Morgan fingerprint density at radius 1 is 1.24 bits per heavy atom. The van der Waals surface area contributed by atoms with Crippen LogP contribution in [0.25, 0.3) is 0 Å². The van der Waals surface area contributed by atoms with E-state index >= 15 is 0 Å². The normalized spacial score (nSPS) is 22.2. The lowest BCUT2D eigenvalue weighted by atomic mass is 9.87. The van der Waals surface area contributed by atoms with Gasteiger partial charge in [-0.2, -0.15) is 0 Å². The number of carbonyl (C=O) groups excluding carboxylic acids is 2. The molecule has 138 valence electrons.